The lowest BCUT2D eigenvalue weighted by Gasteiger charge is -2.43. The highest BCUT2D eigenvalue weighted by molar-refractivity contribution is 6.21. The zero-order valence-electron chi connectivity index (χ0n) is 8.08. The largest absolute Gasteiger partial charge is 0.122 e. The molecule has 0 heterocycles. The molecule has 0 aromatic rings. The Hall–Kier alpha value is 0.290. The molecule has 0 nitrogen and oxygen atoms in total. The van der Waals surface area contributed by atoms with Crippen molar-refractivity contribution in [2.75, 3.05) is 0 Å². The first-order chi connectivity index (χ1) is 4.83. The lowest BCUT2D eigenvalue weighted by molar-refractivity contribution is 0.139. The molecular formula is C10H19Cl. The van der Waals surface area contributed by atoms with E-state index in [1.54, 1.807) is 0 Å². The first-order valence-electron chi connectivity index (χ1n) is 4.48. The average molecular weight is 175 g/mol. The number of rotatable bonds is 0. The molecule has 0 amide bonds. The number of alkyl halides is 1. The normalized spacial score (nSPS) is 35.2. The van der Waals surface area contributed by atoms with Gasteiger partial charge >= 0.3 is 0 Å². The Morgan fingerprint density at radius 3 is 2.00 bits per heavy atom. The van der Waals surface area contributed by atoms with Crippen molar-refractivity contribution in [3.63, 3.8) is 0 Å². The van der Waals surface area contributed by atoms with Crippen LogP contribution in [0.5, 0.6) is 0 Å². The fourth-order valence-electron chi connectivity index (χ4n) is 1.68. The average Bonchev–Trinajstić information content (AvgIpc) is 1.81. The Bertz CT molecular complexity index is 147. The SMILES string of the molecule is CC1(C)CCC(C)(C)C(Cl)C1. The molecule has 1 saturated carbocycles. The molecule has 0 bridgehead atoms. The summed E-state index contributed by atoms with van der Waals surface area (Å²) in [5.74, 6) is 0. The summed E-state index contributed by atoms with van der Waals surface area (Å²) in [5, 5.41) is 0.367. The van der Waals surface area contributed by atoms with Gasteiger partial charge in [-0.15, -0.1) is 11.6 Å². The number of hydrogen-bond acceptors (Lipinski definition) is 0. The smallest absolute Gasteiger partial charge is 0.0392 e. The van der Waals surface area contributed by atoms with Gasteiger partial charge in [-0.3, -0.25) is 0 Å². The van der Waals surface area contributed by atoms with Crippen molar-refractivity contribution in [2.24, 2.45) is 10.8 Å². The molecule has 0 aromatic heterocycles. The summed E-state index contributed by atoms with van der Waals surface area (Å²) in [4.78, 5) is 0. The quantitative estimate of drug-likeness (QED) is 0.490. The van der Waals surface area contributed by atoms with Gasteiger partial charge in [-0.1, -0.05) is 27.7 Å². The third-order valence-electron chi connectivity index (χ3n) is 3.03. The predicted molar refractivity (Wildman–Crippen MR) is 51.1 cm³/mol. The van der Waals surface area contributed by atoms with Crippen LogP contribution < -0.4 is 0 Å². The van der Waals surface area contributed by atoms with Crippen LogP contribution in [0.25, 0.3) is 0 Å². The van der Waals surface area contributed by atoms with E-state index in [0.717, 1.165) is 0 Å². The first-order valence-corrected chi connectivity index (χ1v) is 4.91. The molecule has 1 rings (SSSR count). The van der Waals surface area contributed by atoms with Crippen LogP contribution in [0.2, 0.25) is 0 Å². The van der Waals surface area contributed by atoms with Crippen molar-refractivity contribution in [1.29, 1.82) is 0 Å². The lowest BCUT2D eigenvalue weighted by Crippen LogP contribution is -2.36. The fourth-order valence-corrected chi connectivity index (χ4v) is 2.21. The van der Waals surface area contributed by atoms with Crippen LogP contribution in [-0.4, -0.2) is 5.38 Å². The summed E-state index contributed by atoms with van der Waals surface area (Å²) in [7, 11) is 0. The molecule has 0 spiro atoms. The molecule has 0 aromatic carbocycles. The van der Waals surface area contributed by atoms with E-state index < -0.39 is 0 Å². The molecule has 66 valence electrons. The van der Waals surface area contributed by atoms with Gasteiger partial charge in [0.25, 0.3) is 0 Å². The number of hydrogen-bond donors (Lipinski definition) is 0. The van der Waals surface area contributed by atoms with Crippen molar-refractivity contribution >= 4 is 11.6 Å². The molecule has 1 atom stereocenters. The Labute approximate surface area is 75.3 Å². The molecule has 1 heteroatoms. The van der Waals surface area contributed by atoms with E-state index in [0.29, 0.717) is 16.2 Å². The molecule has 0 aliphatic heterocycles. The van der Waals surface area contributed by atoms with Crippen LogP contribution in [0.1, 0.15) is 47.0 Å². The highest BCUT2D eigenvalue weighted by atomic mass is 35.5. The van der Waals surface area contributed by atoms with E-state index in [9.17, 15) is 0 Å². The predicted octanol–water partition coefficient (Wildman–Crippen LogP) is 3.83. The van der Waals surface area contributed by atoms with Crippen LogP contribution in [-0.2, 0) is 0 Å². The highest BCUT2D eigenvalue weighted by Gasteiger charge is 2.38. The minimum absolute atomic E-state index is 0.358. The monoisotopic (exact) mass is 174 g/mol. The van der Waals surface area contributed by atoms with E-state index in [1.165, 1.54) is 19.3 Å². The van der Waals surface area contributed by atoms with E-state index >= 15 is 0 Å². The first kappa shape index (κ1) is 9.38. The fraction of sp³-hybridized carbons (Fsp3) is 1.00. The lowest BCUT2D eigenvalue weighted by atomic mass is 9.67. The summed E-state index contributed by atoms with van der Waals surface area (Å²) >= 11 is 6.29. The van der Waals surface area contributed by atoms with Crippen molar-refractivity contribution in [3.05, 3.63) is 0 Å². The summed E-state index contributed by atoms with van der Waals surface area (Å²) in [6, 6.07) is 0. The van der Waals surface area contributed by atoms with E-state index in [-0.39, 0.29) is 0 Å². The Balaban J connectivity index is 2.63. The van der Waals surface area contributed by atoms with Gasteiger partial charge < -0.3 is 0 Å². The molecule has 1 fully saturated rings. The molecule has 0 saturated heterocycles. The molecule has 0 radical (unpaired) electrons. The standard InChI is InChI=1S/C10H19Cl/c1-9(2)5-6-10(3,4)8(11)7-9/h8H,5-7H2,1-4H3. The maximum Gasteiger partial charge on any atom is 0.0392 e. The van der Waals surface area contributed by atoms with Gasteiger partial charge in [0, 0.05) is 5.38 Å². The van der Waals surface area contributed by atoms with Gasteiger partial charge in [-0.05, 0) is 30.1 Å². The molecule has 0 N–H and O–H groups in total. The van der Waals surface area contributed by atoms with Gasteiger partial charge in [0.15, 0.2) is 0 Å². The summed E-state index contributed by atoms with van der Waals surface area (Å²) in [5.41, 5.74) is 0.832. The van der Waals surface area contributed by atoms with Crippen molar-refractivity contribution in [1.82, 2.24) is 0 Å². The second-order valence-electron chi connectivity index (χ2n) is 5.32. The zero-order chi connectivity index (χ0) is 8.70. The summed E-state index contributed by atoms with van der Waals surface area (Å²) < 4.78 is 0. The van der Waals surface area contributed by atoms with Gasteiger partial charge in [-0.2, -0.15) is 0 Å². The van der Waals surface area contributed by atoms with Crippen LogP contribution in [0.3, 0.4) is 0 Å². The summed E-state index contributed by atoms with van der Waals surface area (Å²) in [6.07, 6.45) is 3.76. The van der Waals surface area contributed by atoms with Gasteiger partial charge in [-0.25, -0.2) is 0 Å². The minimum Gasteiger partial charge on any atom is -0.122 e. The van der Waals surface area contributed by atoms with Crippen LogP contribution in [0, 0.1) is 10.8 Å². The van der Waals surface area contributed by atoms with Gasteiger partial charge in [0.1, 0.15) is 0 Å². The van der Waals surface area contributed by atoms with Crippen molar-refractivity contribution in [2.45, 2.75) is 52.3 Å². The molecule has 11 heavy (non-hydrogen) atoms. The Morgan fingerprint density at radius 2 is 1.64 bits per heavy atom. The molecule has 1 aliphatic carbocycles. The van der Waals surface area contributed by atoms with Crippen molar-refractivity contribution in [3.8, 4) is 0 Å². The molecule has 1 unspecified atom stereocenters. The third-order valence-corrected chi connectivity index (χ3v) is 3.77. The van der Waals surface area contributed by atoms with Crippen molar-refractivity contribution < 1.29 is 0 Å². The minimum atomic E-state index is 0.358. The second kappa shape index (κ2) is 2.65. The van der Waals surface area contributed by atoms with Crippen LogP contribution in [0.15, 0.2) is 0 Å². The van der Waals surface area contributed by atoms with Crippen LogP contribution >= 0.6 is 11.6 Å². The maximum atomic E-state index is 6.29. The third kappa shape index (κ3) is 2.11. The number of halogens is 1. The molecular weight excluding hydrogens is 156 g/mol. The van der Waals surface area contributed by atoms with Gasteiger partial charge in [0.05, 0.1) is 0 Å². The Kier molecular flexibility index (Phi) is 2.26. The highest BCUT2D eigenvalue weighted by Crippen LogP contribution is 2.46. The van der Waals surface area contributed by atoms with E-state index in [4.69, 9.17) is 11.6 Å². The topological polar surface area (TPSA) is 0 Å². The van der Waals surface area contributed by atoms with E-state index in [1.807, 2.05) is 0 Å². The van der Waals surface area contributed by atoms with Crippen LogP contribution in [0.4, 0.5) is 0 Å². The Morgan fingerprint density at radius 1 is 1.09 bits per heavy atom. The second-order valence-corrected chi connectivity index (χ2v) is 5.85. The summed E-state index contributed by atoms with van der Waals surface area (Å²) in [6.45, 7) is 9.19. The molecule has 1 aliphatic rings. The van der Waals surface area contributed by atoms with Gasteiger partial charge in [0.2, 0.25) is 0 Å². The zero-order valence-corrected chi connectivity index (χ0v) is 8.83. The maximum absolute atomic E-state index is 6.29. The van der Waals surface area contributed by atoms with E-state index in [2.05, 4.69) is 27.7 Å².